The van der Waals surface area contributed by atoms with Gasteiger partial charge in [-0.15, -0.1) is 11.8 Å². The number of carboxylic acids is 1. The van der Waals surface area contributed by atoms with Crippen LogP contribution in [0.25, 0.3) is 0 Å². The number of aromatic nitrogens is 2. The molecule has 6 N–H and O–H groups in total. The number of amides is 3. The van der Waals surface area contributed by atoms with E-state index in [0.717, 1.165) is 16.4 Å². The highest BCUT2D eigenvalue weighted by molar-refractivity contribution is 8.00. The number of nitrogens with two attached hydrogens (primary N) is 2. The van der Waals surface area contributed by atoms with E-state index < -0.39 is 47.7 Å². The van der Waals surface area contributed by atoms with Gasteiger partial charge in [0.15, 0.2) is 11.7 Å². The monoisotopic (exact) mass is 557 g/mol. The Balaban J connectivity index is 1.76. The number of primary amides is 1. The molecule has 0 bridgehead atoms. The number of β-lactam (4-membered cyclic amide) rings is 1. The standard InChI is InChI=1S/C20H25FN8O6S2/c1-3-29(2,7-11(22)30)6-4-5-10-8-36-18-13(17(32)28(18)14(10)19(33)34)24-16(31)12(26-35-9-21)15-25-20(23)37-27-15/h4-5,13,18H,3,6-9H2,1-2H3,(H5-,22,23,24,25,27,30,31,33,34)/p+1/b5-4+,26-12-. The van der Waals surface area contributed by atoms with Gasteiger partial charge in [-0.3, -0.25) is 19.3 Å². The summed E-state index contributed by atoms with van der Waals surface area (Å²) in [6.07, 6.45) is 3.37. The van der Waals surface area contributed by atoms with Gasteiger partial charge in [0.05, 0.1) is 20.1 Å². The average Bonchev–Trinajstić information content (AvgIpc) is 3.27. The number of alkyl halides is 1. The predicted molar refractivity (Wildman–Crippen MR) is 132 cm³/mol. The molecule has 2 aliphatic rings. The van der Waals surface area contributed by atoms with E-state index in [9.17, 15) is 28.7 Å². The first-order chi connectivity index (χ1) is 17.5. The second kappa shape index (κ2) is 11.7. The molecule has 2 aliphatic heterocycles. The van der Waals surface area contributed by atoms with E-state index in [0.29, 0.717) is 23.1 Å². The summed E-state index contributed by atoms with van der Waals surface area (Å²) in [6, 6.07) is -1.07. The zero-order valence-electron chi connectivity index (χ0n) is 19.9. The molecule has 1 aromatic heterocycles. The predicted octanol–water partition coefficient (Wildman–Crippen LogP) is -0.985. The first-order valence-corrected chi connectivity index (χ1v) is 12.7. The van der Waals surface area contributed by atoms with Gasteiger partial charge in [-0.1, -0.05) is 11.2 Å². The zero-order valence-corrected chi connectivity index (χ0v) is 21.6. The molecule has 1 aromatic rings. The van der Waals surface area contributed by atoms with Gasteiger partial charge in [0.25, 0.3) is 24.6 Å². The van der Waals surface area contributed by atoms with E-state index in [4.69, 9.17) is 11.5 Å². The lowest BCUT2D eigenvalue weighted by molar-refractivity contribution is -0.894. The number of nitrogens with one attached hydrogen (secondary N) is 1. The largest absolute Gasteiger partial charge is 0.477 e. The normalized spacial score (nSPS) is 21.3. The van der Waals surface area contributed by atoms with Crippen molar-refractivity contribution in [3.8, 4) is 0 Å². The number of fused-ring (bicyclic) bond motifs is 1. The lowest BCUT2D eigenvalue weighted by Crippen LogP contribution is -2.71. The van der Waals surface area contributed by atoms with E-state index >= 15 is 0 Å². The molecule has 1 fully saturated rings. The minimum absolute atomic E-state index is 0.0361. The molecule has 14 nitrogen and oxygen atoms in total. The van der Waals surface area contributed by atoms with Gasteiger partial charge in [0, 0.05) is 17.3 Å². The first kappa shape index (κ1) is 28.0. The minimum Gasteiger partial charge on any atom is -0.477 e. The van der Waals surface area contributed by atoms with Crippen molar-refractivity contribution in [1.29, 1.82) is 0 Å². The number of anilines is 1. The summed E-state index contributed by atoms with van der Waals surface area (Å²) in [5.74, 6) is -3.26. The molecule has 3 atom stereocenters. The average molecular weight is 558 g/mol. The number of hydrogen-bond donors (Lipinski definition) is 4. The summed E-state index contributed by atoms with van der Waals surface area (Å²) in [6.45, 7) is 1.78. The zero-order chi connectivity index (χ0) is 27.3. The van der Waals surface area contributed by atoms with Crippen molar-refractivity contribution < 1.29 is 38.0 Å². The number of oxime groups is 1. The van der Waals surface area contributed by atoms with E-state index in [1.54, 1.807) is 12.2 Å². The summed E-state index contributed by atoms with van der Waals surface area (Å²) in [5, 5.41) is 15.0. The van der Waals surface area contributed by atoms with Crippen molar-refractivity contribution in [3.05, 3.63) is 29.2 Å². The van der Waals surface area contributed by atoms with Gasteiger partial charge in [-0.2, -0.15) is 9.36 Å². The topological polar surface area (TPSA) is 203 Å². The Morgan fingerprint density at radius 3 is 2.73 bits per heavy atom. The van der Waals surface area contributed by atoms with Crippen LogP contribution in [0, 0.1) is 0 Å². The van der Waals surface area contributed by atoms with Gasteiger partial charge < -0.3 is 31.2 Å². The van der Waals surface area contributed by atoms with Crippen LogP contribution in [0.3, 0.4) is 0 Å². The third-order valence-electron chi connectivity index (χ3n) is 5.73. The fourth-order valence-electron chi connectivity index (χ4n) is 3.72. The van der Waals surface area contributed by atoms with Crippen molar-refractivity contribution in [1.82, 2.24) is 19.6 Å². The minimum atomic E-state index is -1.31. The molecular formula is C20H26FN8O6S2+. The summed E-state index contributed by atoms with van der Waals surface area (Å²) in [7, 11) is 1.85. The number of likely N-dealkylation sites (N-methyl/N-ethyl adjacent to an activating group) is 1. The Bertz CT molecular complexity index is 1190. The number of nitrogen functional groups attached to an aromatic ring is 1. The Morgan fingerprint density at radius 1 is 1.43 bits per heavy atom. The molecule has 0 aliphatic carbocycles. The summed E-state index contributed by atoms with van der Waals surface area (Å²) in [5.41, 5.74) is 10.6. The number of rotatable bonds is 12. The molecule has 200 valence electrons. The third kappa shape index (κ3) is 6.23. The van der Waals surface area contributed by atoms with Crippen molar-refractivity contribution >= 4 is 57.8 Å². The number of nitrogens with zero attached hydrogens (tertiary/aromatic N) is 5. The fraction of sp³-hybridized carbons (Fsp3) is 0.450. The van der Waals surface area contributed by atoms with Crippen LogP contribution in [0.2, 0.25) is 0 Å². The summed E-state index contributed by atoms with van der Waals surface area (Å²) in [4.78, 5) is 58.4. The fourth-order valence-corrected chi connectivity index (χ4v) is 5.47. The van der Waals surface area contributed by atoms with Crippen LogP contribution in [0.5, 0.6) is 0 Å². The van der Waals surface area contributed by atoms with Crippen molar-refractivity contribution in [3.63, 3.8) is 0 Å². The van der Waals surface area contributed by atoms with Crippen molar-refractivity contribution in [2.24, 2.45) is 10.9 Å². The van der Waals surface area contributed by atoms with Crippen LogP contribution < -0.4 is 16.8 Å². The maximum Gasteiger partial charge on any atom is 0.352 e. The van der Waals surface area contributed by atoms with Gasteiger partial charge in [-0.05, 0) is 18.6 Å². The maximum absolute atomic E-state index is 12.9. The molecule has 3 amide bonds. The van der Waals surface area contributed by atoms with Crippen LogP contribution in [-0.4, -0.2) is 104 Å². The number of thioether (sulfide) groups is 1. The van der Waals surface area contributed by atoms with E-state index in [1.807, 2.05) is 14.0 Å². The van der Waals surface area contributed by atoms with E-state index in [2.05, 4.69) is 24.7 Å². The third-order valence-corrected chi connectivity index (χ3v) is 7.57. The van der Waals surface area contributed by atoms with Crippen LogP contribution in [0.4, 0.5) is 9.52 Å². The lowest BCUT2D eigenvalue weighted by atomic mass is 10.0. The Kier molecular flexibility index (Phi) is 8.82. The molecule has 0 saturated carbocycles. The summed E-state index contributed by atoms with van der Waals surface area (Å²) >= 11 is 2.04. The molecule has 37 heavy (non-hydrogen) atoms. The molecule has 3 heterocycles. The van der Waals surface area contributed by atoms with Gasteiger partial charge in [0.1, 0.15) is 17.1 Å². The molecule has 0 spiro atoms. The number of halogens is 1. The van der Waals surface area contributed by atoms with Crippen molar-refractivity contribution in [2.75, 3.05) is 45.0 Å². The van der Waals surface area contributed by atoms with E-state index in [1.165, 1.54) is 11.8 Å². The van der Waals surface area contributed by atoms with Crippen LogP contribution >= 0.6 is 23.3 Å². The SMILES string of the molecule is CC[N+](C)(C/C=C/C1=C(C(=O)O)N2C(=O)C(NC(=O)/C(=N\OCF)c3nsc(N)n3)C2SC1)CC(N)=O. The molecular weight excluding hydrogens is 531 g/mol. The second-order valence-electron chi connectivity index (χ2n) is 8.32. The quantitative estimate of drug-likeness (QED) is 0.107. The highest BCUT2D eigenvalue weighted by atomic mass is 32.2. The number of carboxylic acid groups (broad SMARTS) is 1. The van der Waals surface area contributed by atoms with E-state index in [-0.39, 0.29) is 29.0 Å². The molecule has 3 rings (SSSR count). The summed E-state index contributed by atoms with van der Waals surface area (Å²) < 4.78 is 16.7. The Hall–Kier alpha value is -3.57. The molecule has 17 heteroatoms. The van der Waals surface area contributed by atoms with Crippen molar-refractivity contribution in [2.45, 2.75) is 18.3 Å². The number of aliphatic carboxylic acids is 1. The lowest BCUT2D eigenvalue weighted by Gasteiger charge is -2.49. The van der Waals surface area contributed by atoms with Gasteiger partial charge in [-0.25, -0.2) is 9.18 Å². The smallest absolute Gasteiger partial charge is 0.352 e. The Morgan fingerprint density at radius 2 is 2.16 bits per heavy atom. The molecule has 0 radical (unpaired) electrons. The van der Waals surface area contributed by atoms with Gasteiger partial charge >= 0.3 is 5.97 Å². The van der Waals surface area contributed by atoms with Crippen LogP contribution in [0.15, 0.2) is 28.6 Å². The maximum atomic E-state index is 12.9. The number of hydrogen-bond acceptors (Lipinski definition) is 11. The first-order valence-electron chi connectivity index (χ1n) is 10.9. The molecule has 3 unspecified atom stereocenters. The number of allylic oxidation sites excluding steroid dienone is 1. The highest BCUT2D eigenvalue weighted by Crippen LogP contribution is 2.40. The number of carbonyl (C=O) groups is 4. The Labute approximate surface area is 218 Å². The highest BCUT2D eigenvalue weighted by Gasteiger charge is 2.54. The number of quaternary nitrogens is 1. The van der Waals surface area contributed by atoms with Crippen LogP contribution in [-0.2, 0) is 24.0 Å². The number of carbonyl (C=O) groups excluding carboxylic acids is 3. The molecule has 0 aromatic carbocycles. The second-order valence-corrected chi connectivity index (χ2v) is 10.2. The van der Waals surface area contributed by atoms with Crippen LogP contribution in [0.1, 0.15) is 12.7 Å². The molecule has 1 saturated heterocycles. The van der Waals surface area contributed by atoms with Gasteiger partial charge in [0.2, 0.25) is 11.5 Å².